The van der Waals surface area contributed by atoms with Gasteiger partial charge in [0.25, 0.3) is 0 Å². The van der Waals surface area contributed by atoms with Crippen molar-refractivity contribution in [3.8, 4) is 16.9 Å². The van der Waals surface area contributed by atoms with Crippen LogP contribution < -0.4 is 0 Å². The van der Waals surface area contributed by atoms with Gasteiger partial charge in [-0.15, -0.1) is 0 Å². The zero-order chi connectivity index (χ0) is 18.8. The van der Waals surface area contributed by atoms with Gasteiger partial charge in [0.15, 0.2) is 5.69 Å². The first-order valence-electron chi connectivity index (χ1n) is 8.99. The van der Waals surface area contributed by atoms with Gasteiger partial charge in [-0.05, 0) is 48.4 Å². The van der Waals surface area contributed by atoms with Gasteiger partial charge in [-0.1, -0.05) is 54.6 Å². The van der Waals surface area contributed by atoms with E-state index >= 15 is 0 Å². The van der Waals surface area contributed by atoms with E-state index in [0.29, 0.717) is 12.3 Å². The number of carbonyl (C=O) groups is 1. The number of hydrogen-bond donors (Lipinski definition) is 0. The Morgan fingerprint density at radius 1 is 1.00 bits per heavy atom. The van der Waals surface area contributed by atoms with Gasteiger partial charge in [-0.2, -0.15) is 5.10 Å². The van der Waals surface area contributed by atoms with Crippen molar-refractivity contribution >= 4 is 16.7 Å². The van der Waals surface area contributed by atoms with Crippen LogP contribution in [0.2, 0.25) is 0 Å². The largest absolute Gasteiger partial charge is 0.461 e. The quantitative estimate of drug-likeness (QED) is 0.473. The summed E-state index contributed by atoms with van der Waals surface area (Å²) in [6.45, 7) is 4.15. The molecule has 0 saturated heterocycles. The average molecular weight is 356 g/mol. The molecule has 0 fully saturated rings. The van der Waals surface area contributed by atoms with Crippen LogP contribution in [0, 0.1) is 6.92 Å². The summed E-state index contributed by atoms with van der Waals surface area (Å²) in [5.41, 5.74) is 4.23. The molecular weight excluding hydrogens is 336 g/mol. The second kappa shape index (κ2) is 7.08. The highest BCUT2D eigenvalue weighted by Gasteiger charge is 2.19. The maximum absolute atomic E-state index is 12.3. The molecule has 4 nitrogen and oxygen atoms in total. The lowest BCUT2D eigenvalue weighted by molar-refractivity contribution is 0.0519. The minimum atomic E-state index is -0.412. The van der Waals surface area contributed by atoms with Gasteiger partial charge in [0, 0.05) is 5.56 Å². The lowest BCUT2D eigenvalue weighted by Gasteiger charge is -2.10. The van der Waals surface area contributed by atoms with Crippen LogP contribution in [-0.2, 0) is 4.74 Å². The van der Waals surface area contributed by atoms with Crippen LogP contribution in [0.1, 0.15) is 23.0 Å². The maximum atomic E-state index is 12.3. The molecule has 134 valence electrons. The third-order valence-corrected chi connectivity index (χ3v) is 4.51. The second-order valence-electron chi connectivity index (χ2n) is 6.41. The molecular formula is C23H20N2O2. The Morgan fingerprint density at radius 3 is 2.59 bits per heavy atom. The van der Waals surface area contributed by atoms with Gasteiger partial charge < -0.3 is 4.74 Å². The molecule has 3 aromatic carbocycles. The summed E-state index contributed by atoms with van der Waals surface area (Å²) in [7, 11) is 0. The molecule has 27 heavy (non-hydrogen) atoms. The van der Waals surface area contributed by atoms with Crippen molar-refractivity contribution < 1.29 is 9.53 Å². The standard InChI is InChI=1S/C23H20N2O2/c1-3-27-23(26)21-15-22(25(24-21)18-11-6-8-16(2)14-18)20-13-7-10-17-9-4-5-12-19(17)20/h4-15H,3H2,1-2H3. The number of aryl methyl sites for hydroxylation is 1. The van der Waals surface area contributed by atoms with Gasteiger partial charge >= 0.3 is 5.97 Å². The SMILES string of the molecule is CCOC(=O)c1cc(-c2cccc3ccccc23)n(-c2cccc(C)c2)n1. The van der Waals surface area contributed by atoms with E-state index in [1.54, 1.807) is 6.92 Å². The van der Waals surface area contributed by atoms with Crippen LogP contribution in [0.25, 0.3) is 27.7 Å². The summed E-state index contributed by atoms with van der Waals surface area (Å²) < 4.78 is 6.98. The highest BCUT2D eigenvalue weighted by molar-refractivity contribution is 5.97. The van der Waals surface area contributed by atoms with Crippen molar-refractivity contribution in [2.75, 3.05) is 6.61 Å². The van der Waals surface area contributed by atoms with Crippen molar-refractivity contribution in [3.05, 3.63) is 84.1 Å². The molecule has 0 aliphatic carbocycles. The van der Waals surface area contributed by atoms with Crippen LogP contribution >= 0.6 is 0 Å². The summed E-state index contributed by atoms with van der Waals surface area (Å²) >= 11 is 0. The summed E-state index contributed by atoms with van der Waals surface area (Å²) in [6, 6.07) is 24.2. The molecule has 0 atom stereocenters. The van der Waals surface area contributed by atoms with Crippen molar-refractivity contribution in [1.82, 2.24) is 9.78 Å². The first-order valence-corrected chi connectivity index (χ1v) is 8.99. The number of hydrogen-bond acceptors (Lipinski definition) is 3. The number of carbonyl (C=O) groups excluding carboxylic acids is 1. The number of ether oxygens (including phenoxy) is 1. The predicted molar refractivity (Wildman–Crippen MR) is 107 cm³/mol. The molecule has 1 heterocycles. The van der Waals surface area contributed by atoms with Crippen LogP contribution in [0.5, 0.6) is 0 Å². The van der Waals surface area contributed by atoms with E-state index in [-0.39, 0.29) is 0 Å². The molecule has 0 N–H and O–H groups in total. The highest BCUT2D eigenvalue weighted by Crippen LogP contribution is 2.31. The number of fused-ring (bicyclic) bond motifs is 1. The number of benzene rings is 3. The summed E-state index contributed by atoms with van der Waals surface area (Å²) in [4.78, 5) is 12.3. The molecule has 0 radical (unpaired) electrons. The Kier molecular flexibility index (Phi) is 4.47. The maximum Gasteiger partial charge on any atom is 0.358 e. The van der Waals surface area contributed by atoms with E-state index < -0.39 is 5.97 Å². The zero-order valence-electron chi connectivity index (χ0n) is 15.3. The van der Waals surface area contributed by atoms with E-state index in [4.69, 9.17) is 4.74 Å². The monoisotopic (exact) mass is 356 g/mol. The fourth-order valence-corrected chi connectivity index (χ4v) is 3.28. The zero-order valence-corrected chi connectivity index (χ0v) is 15.3. The summed E-state index contributed by atoms with van der Waals surface area (Å²) in [5.74, 6) is -0.412. The van der Waals surface area contributed by atoms with Crippen molar-refractivity contribution in [2.24, 2.45) is 0 Å². The molecule has 0 amide bonds. The van der Waals surface area contributed by atoms with Crippen molar-refractivity contribution in [3.63, 3.8) is 0 Å². The number of esters is 1. The van der Waals surface area contributed by atoms with E-state index in [2.05, 4.69) is 35.4 Å². The third-order valence-electron chi connectivity index (χ3n) is 4.51. The average Bonchev–Trinajstić information content (AvgIpc) is 3.13. The first-order chi connectivity index (χ1) is 13.2. The van der Waals surface area contributed by atoms with Crippen LogP contribution in [0.4, 0.5) is 0 Å². The molecule has 0 saturated carbocycles. The molecule has 0 unspecified atom stereocenters. The van der Waals surface area contributed by atoms with Gasteiger partial charge in [-0.25, -0.2) is 9.48 Å². The second-order valence-corrected chi connectivity index (χ2v) is 6.41. The minimum Gasteiger partial charge on any atom is -0.461 e. The Hall–Kier alpha value is -3.40. The fraction of sp³-hybridized carbons (Fsp3) is 0.130. The minimum absolute atomic E-state index is 0.307. The Labute approximate surface area is 158 Å². The summed E-state index contributed by atoms with van der Waals surface area (Å²) in [5, 5.41) is 6.82. The normalized spacial score (nSPS) is 10.9. The molecule has 4 heteroatoms. The Balaban J connectivity index is 1.97. The van der Waals surface area contributed by atoms with Gasteiger partial charge in [0.05, 0.1) is 18.0 Å². The lowest BCUT2D eigenvalue weighted by atomic mass is 10.0. The lowest BCUT2D eigenvalue weighted by Crippen LogP contribution is -2.07. The Morgan fingerprint density at radius 2 is 1.78 bits per heavy atom. The van der Waals surface area contributed by atoms with E-state index in [9.17, 15) is 4.79 Å². The van der Waals surface area contributed by atoms with E-state index in [1.165, 1.54) is 0 Å². The molecule has 4 rings (SSSR count). The van der Waals surface area contributed by atoms with Crippen molar-refractivity contribution in [1.29, 1.82) is 0 Å². The highest BCUT2D eigenvalue weighted by atomic mass is 16.5. The molecule has 0 aliphatic heterocycles. The van der Waals surface area contributed by atoms with Crippen LogP contribution in [0.15, 0.2) is 72.8 Å². The van der Waals surface area contributed by atoms with Crippen molar-refractivity contribution in [2.45, 2.75) is 13.8 Å². The van der Waals surface area contributed by atoms with Gasteiger partial charge in [0.1, 0.15) is 0 Å². The summed E-state index contributed by atoms with van der Waals surface area (Å²) in [6.07, 6.45) is 0. The number of nitrogens with zero attached hydrogens (tertiary/aromatic N) is 2. The predicted octanol–water partition coefficient (Wildman–Crippen LogP) is 5.18. The molecule has 1 aromatic heterocycles. The topological polar surface area (TPSA) is 44.1 Å². The molecule has 0 bridgehead atoms. The van der Waals surface area contributed by atoms with Gasteiger partial charge in [0.2, 0.25) is 0 Å². The third kappa shape index (κ3) is 3.22. The fourth-order valence-electron chi connectivity index (χ4n) is 3.28. The molecule has 4 aromatic rings. The van der Waals surface area contributed by atoms with E-state index in [1.807, 2.05) is 54.1 Å². The Bertz CT molecular complexity index is 1120. The number of aromatic nitrogens is 2. The molecule has 0 spiro atoms. The van der Waals surface area contributed by atoms with Gasteiger partial charge in [-0.3, -0.25) is 0 Å². The van der Waals surface area contributed by atoms with Crippen LogP contribution in [-0.4, -0.2) is 22.4 Å². The van der Waals surface area contributed by atoms with E-state index in [0.717, 1.165) is 33.3 Å². The van der Waals surface area contributed by atoms with Crippen LogP contribution in [0.3, 0.4) is 0 Å². The number of rotatable bonds is 4. The molecule has 0 aliphatic rings. The first kappa shape index (κ1) is 17.0. The smallest absolute Gasteiger partial charge is 0.358 e.